The van der Waals surface area contributed by atoms with Crippen LogP contribution in [0.4, 0.5) is 0 Å². The molecule has 8 heteroatoms. The van der Waals surface area contributed by atoms with Gasteiger partial charge in [-0.25, -0.2) is 0 Å². The number of carbonyl (C=O) groups is 3. The third-order valence-corrected chi connectivity index (χ3v) is 7.95. The second-order valence-corrected chi connectivity index (χ2v) is 9.85. The van der Waals surface area contributed by atoms with Crippen molar-refractivity contribution in [3.8, 4) is 0 Å². The topological polar surface area (TPSA) is 96.4 Å². The lowest BCUT2D eigenvalue weighted by molar-refractivity contribution is -0.161. The molecule has 36 heavy (non-hydrogen) atoms. The van der Waals surface area contributed by atoms with Gasteiger partial charge in [0.25, 0.3) is 0 Å². The molecule has 2 amide bonds. The minimum atomic E-state index is -1.12. The number of aliphatic hydroxyl groups excluding tert-OH is 1. The first-order valence-electron chi connectivity index (χ1n) is 12.7. The van der Waals surface area contributed by atoms with E-state index >= 15 is 0 Å². The van der Waals surface area contributed by atoms with Crippen LogP contribution in [0.1, 0.15) is 38.2 Å². The van der Waals surface area contributed by atoms with Gasteiger partial charge in [0.05, 0.1) is 11.5 Å². The second-order valence-electron chi connectivity index (χ2n) is 9.85. The van der Waals surface area contributed by atoms with Crippen LogP contribution in [0.2, 0.25) is 0 Å². The lowest BCUT2D eigenvalue weighted by Gasteiger charge is -2.37. The van der Waals surface area contributed by atoms with Crippen LogP contribution in [-0.4, -0.2) is 76.2 Å². The summed E-state index contributed by atoms with van der Waals surface area (Å²) >= 11 is 0. The number of carbonyl (C=O) groups excluding carboxylic acids is 3. The van der Waals surface area contributed by atoms with Crippen LogP contribution < -0.4 is 0 Å². The molecule has 2 unspecified atom stereocenters. The van der Waals surface area contributed by atoms with E-state index in [1.165, 1.54) is 11.0 Å². The molecular formula is C28H36N2O6. The molecule has 194 valence electrons. The van der Waals surface area contributed by atoms with Crippen LogP contribution in [-0.2, 0) is 30.4 Å². The van der Waals surface area contributed by atoms with E-state index in [4.69, 9.17) is 9.47 Å². The number of hydrogen-bond acceptors (Lipinski definition) is 6. The van der Waals surface area contributed by atoms with Crippen LogP contribution in [0, 0.1) is 11.8 Å². The quantitative estimate of drug-likeness (QED) is 0.353. The molecule has 3 fully saturated rings. The lowest BCUT2D eigenvalue weighted by Crippen LogP contribution is -2.56. The summed E-state index contributed by atoms with van der Waals surface area (Å²) < 4.78 is 12.1. The summed E-state index contributed by atoms with van der Waals surface area (Å²) in [4.78, 5) is 44.6. The third-order valence-electron chi connectivity index (χ3n) is 7.95. The van der Waals surface area contributed by atoms with Crippen LogP contribution in [0.5, 0.6) is 0 Å². The van der Waals surface area contributed by atoms with Gasteiger partial charge in [-0.15, -0.1) is 6.58 Å². The Morgan fingerprint density at radius 1 is 1.25 bits per heavy atom. The fourth-order valence-electron chi connectivity index (χ4n) is 6.43. The van der Waals surface area contributed by atoms with Crippen molar-refractivity contribution >= 4 is 17.8 Å². The van der Waals surface area contributed by atoms with Gasteiger partial charge in [-0.05, 0) is 31.2 Å². The van der Waals surface area contributed by atoms with Crippen LogP contribution in [0.3, 0.4) is 0 Å². The molecular weight excluding hydrogens is 460 g/mol. The standard InChI is InChI=1S/C28H36N2O6/c1-4-15-29(19-20-11-8-7-9-12-20)25(33)23-28-14-13-27(6-3,36-28)22(26(34)35-18-5-2)21(28)24(32)30(23)16-10-17-31/h4-5,7-9,11-12,21-23,31H,1-2,6,10,13-19H2,3H3/t21-,22-,23?,27+,28?/m0/s1. The van der Waals surface area contributed by atoms with Crippen molar-refractivity contribution in [2.24, 2.45) is 11.8 Å². The Labute approximate surface area is 212 Å². The lowest BCUT2D eigenvalue weighted by atomic mass is 9.65. The summed E-state index contributed by atoms with van der Waals surface area (Å²) in [6, 6.07) is 8.75. The maximum atomic E-state index is 14.2. The van der Waals surface area contributed by atoms with Crippen molar-refractivity contribution in [3.63, 3.8) is 0 Å². The number of nitrogens with zero attached hydrogens (tertiary/aromatic N) is 2. The zero-order valence-corrected chi connectivity index (χ0v) is 20.9. The minimum Gasteiger partial charge on any atom is -0.461 e. The maximum Gasteiger partial charge on any atom is 0.313 e. The Balaban J connectivity index is 1.74. The largest absolute Gasteiger partial charge is 0.461 e. The number of esters is 1. The van der Waals surface area contributed by atoms with Gasteiger partial charge in [-0.2, -0.15) is 0 Å². The predicted molar refractivity (Wildman–Crippen MR) is 133 cm³/mol. The highest BCUT2D eigenvalue weighted by atomic mass is 16.6. The molecule has 1 spiro atoms. The molecule has 0 aromatic heterocycles. The molecule has 3 saturated heterocycles. The molecule has 0 saturated carbocycles. The van der Waals surface area contributed by atoms with Crippen molar-refractivity contribution < 1.29 is 29.0 Å². The summed E-state index contributed by atoms with van der Waals surface area (Å²) in [6.07, 6.45) is 5.09. The Kier molecular flexibility index (Phi) is 7.66. The van der Waals surface area contributed by atoms with E-state index in [1.807, 2.05) is 37.3 Å². The molecule has 3 heterocycles. The van der Waals surface area contributed by atoms with Gasteiger partial charge in [0, 0.05) is 26.2 Å². The number of benzene rings is 1. The molecule has 3 aliphatic heterocycles. The molecule has 2 bridgehead atoms. The Bertz CT molecular complexity index is 1010. The predicted octanol–water partition coefficient (Wildman–Crippen LogP) is 2.47. The average molecular weight is 497 g/mol. The first kappa shape index (κ1) is 26.1. The van der Waals surface area contributed by atoms with Gasteiger partial charge in [0.15, 0.2) is 0 Å². The monoisotopic (exact) mass is 496 g/mol. The molecule has 8 nitrogen and oxygen atoms in total. The van der Waals surface area contributed by atoms with Gasteiger partial charge >= 0.3 is 5.97 Å². The molecule has 1 aromatic carbocycles. The molecule has 1 aromatic rings. The van der Waals surface area contributed by atoms with Crippen molar-refractivity contribution in [1.29, 1.82) is 0 Å². The maximum absolute atomic E-state index is 14.2. The van der Waals surface area contributed by atoms with Gasteiger partial charge in [-0.3, -0.25) is 14.4 Å². The number of likely N-dealkylation sites (tertiary alicyclic amines) is 1. The van der Waals surface area contributed by atoms with Gasteiger partial charge < -0.3 is 24.4 Å². The number of fused-ring (bicyclic) bond motifs is 1. The Morgan fingerprint density at radius 2 is 2.00 bits per heavy atom. The molecule has 3 aliphatic rings. The van der Waals surface area contributed by atoms with Crippen LogP contribution in [0.25, 0.3) is 0 Å². The van der Waals surface area contributed by atoms with E-state index in [2.05, 4.69) is 13.2 Å². The summed E-state index contributed by atoms with van der Waals surface area (Å²) in [6.45, 7) is 10.2. The van der Waals surface area contributed by atoms with Gasteiger partial charge in [0.1, 0.15) is 24.2 Å². The van der Waals surface area contributed by atoms with E-state index in [0.29, 0.717) is 38.8 Å². The fraction of sp³-hybridized carbons (Fsp3) is 0.536. The van der Waals surface area contributed by atoms with Crippen molar-refractivity contribution in [1.82, 2.24) is 9.80 Å². The second kappa shape index (κ2) is 10.6. The Hall–Kier alpha value is -2.97. The van der Waals surface area contributed by atoms with Gasteiger partial charge in [-0.1, -0.05) is 56.0 Å². The number of rotatable bonds is 12. The summed E-state index contributed by atoms with van der Waals surface area (Å²) in [5, 5.41) is 9.51. The fourth-order valence-corrected chi connectivity index (χ4v) is 6.43. The van der Waals surface area contributed by atoms with Gasteiger partial charge in [0.2, 0.25) is 11.8 Å². The highest BCUT2D eigenvalue weighted by Gasteiger charge is 2.79. The number of aliphatic hydroxyl groups is 1. The van der Waals surface area contributed by atoms with Crippen LogP contribution in [0.15, 0.2) is 55.6 Å². The normalized spacial score (nSPS) is 30.2. The van der Waals surface area contributed by atoms with E-state index in [0.717, 1.165) is 5.56 Å². The summed E-state index contributed by atoms with van der Waals surface area (Å²) in [7, 11) is 0. The molecule has 5 atom stereocenters. The van der Waals surface area contributed by atoms with E-state index in [1.54, 1.807) is 11.0 Å². The highest BCUT2D eigenvalue weighted by molar-refractivity contribution is 5.98. The smallest absolute Gasteiger partial charge is 0.313 e. The van der Waals surface area contributed by atoms with Crippen molar-refractivity contribution in [2.75, 3.05) is 26.3 Å². The molecule has 0 aliphatic carbocycles. The minimum absolute atomic E-state index is 0.0454. The van der Waals surface area contributed by atoms with E-state index in [-0.39, 0.29) is 31.6 Å². The molecule has 0 radical (unpaired) electrons. The average Bonchev–Trinajstić information content (AvgIpc) is 3.49. The van der Waals surface area contributed by atoms with Crippen molar-refractivity contribution in [2.45, 2.75) is 56.4 Å². The first-order chi connectivity index (χ1) is 17.4. The zero-order valence-electron chi connectivity index (χ0n) is 20.9. The zero-order chi connectivity index (χ0) is 25.9. The van der Waals surface area contributed by atoms with E-state index < -0.39 is 35.0 Å². The van der Waals surface area contributed by atoms with Crippen LogP contribution >= 0.6 is 0 Å². The Morgan fingerprint density at radius 3 is 2.64 bits per heavy atom. The third kappa shape index (κ3) is 4.16. The summed E-state index contributed by atoms with van der Waals surface area (Å²) in [5.41, 5.74) is -1.00. The number of ether oxygens (including phenoxy) is 2. The molecule has 1 N–H and O–H groups in total. The number of amides is 2. The van der Waals surface area contributed by atoms with Crippen molar-refractivity contribution in [3.05, 3.63) is 61.2 Å². The SMILES string of the molecule is C=CCOC(=O)[C@@H]1[C@H]2C(=O)N(CCCO)C(C(=O)N(CC=C)Cc3ccccc3)C23CC[C@@]1(CC)O3. The molecule has 4 rings (SSSR count). The van der Waals surface area contributed by atoms with E-state index in [9.17, 15) is 19.5 Å². The summed E-state index contributed by atoms with van der Waals surface area (Å²) in [5.74, 6) is -2.60. The number of hydrogen-bond donors (Lipinski definition) is 1. The first-order valence-corrected chi connectivity index (χ1v) is 12.7. The highest BCUT2D eigenvalue weighted by Crippen LogP contribution is 2.64.